The van der Waals surface area contributed by atoms with Crippen molar-refractivity contribution in [2.75, 3.05) is 19.0 Å². The number of aromatic nitrogens is 3. The van der Waals surface area contributed by atoms with Crippen molar-refractivity contribution in [3.05, 3.63) is 57.6 Å². The molecule has 0 bridgehead atoms. The lowest BCUT2D eigenvalue weighted by atomic mass is 9.95. The summed E-state index contributed by atoms with van der Waals surface area (Å²) in [6, 6.07) is 13.9. The lowest BCUT2D eigenvalue weighted by Gasteiger charge is -2.21. The molecule has 0 unspecified atom stereocenters. The Labute approximate surface area is 180 Å². The lowest BCUT2D eigenvalue weighted by molar-refractivity contribution is -0.522. The van der Waals surface area contributed by atoms with E-state index >= 15 is 0 Å². The van der Waals surface area contributed by atoms with Gasteiger partial charge >= 0.3 is 5.95 Å². The van der Waals surface area contributed by atoms with Gasteiger partial charge in [-0.05, 0) is 11.0 Å². The standard InChI is InChI=1S/C21H24N8S/c1-21(2,3)17-18(25-20(30-17)28(4)5)26-27-19-24-15(11-22)16(12-23)29(19)13-14-9-7-6-8-10-14/h6-10H,13,27H2,1-5H3. The number of nitriles is 2. The van der Waals surface area contributed by atoms with E-state index in [1.165, 1.54) is 0 Å². The van der Waals surface area contributed by atoms with E-state index in [1.807, 2.05) is 55.4 Å². The van der Waals surface area contributed by atoms with Crippen LogP contribution in [0.1, 0.15) is 42.6 Å². The van der Waals surface area contributed by atoms with Gasteiger partial charge in [0.2, 0.25) is 0 Å². The highest BCUT2D eigenvalue weighted by Crippen LogP contribution is 2.40. The zero-order valence-corrected chi connectivity index (χ0v) is 18.5. The van der Waals surface area contributed by atoms with Crippen LogP contribution in [0.2, 0.25) is 0 Å². The van der Waals surface area contributed by atoms with Crippen LogP contribution in [0.4, 0.5) is 16.9 Å². The molecule has 8 nitrogen and oxygen atoms in total. The highest BCUT2D eigenvalue weighted by Gasteiger charge is 2.22. The molecule has 0 fully saturated rings. The molecule has 0 saturated heterocycles. The van der Waals surface area contributed by atoms with Crippen molar-refractivity contribution in [1.29, 1.82) is 10.5 Å². The Kier molecular flexibility index (Phi) is 6.06. The summed E-state index contributed by atoms with van der Waals surface area (Å²) < 4.78 is 1.72. The summed E-state index contributed by atoms with van der Waals surface area (Å²) in [6.07, 6.45) is 0. The second-order valence-electron chi connectivity index (χ2n) is 8.01. The Hall–Kier alpha value is -3.40. The predicted molar refractivity (Wildman–Crippen MR) is 117 cm³/mol. The van der Waals surface area contributed by atoms with Gasteiger partial charge in [0, 0.05) is 24.8 Å². The monoisotopic (exact) mass is 420 g/mol. The van der Waals surface area contributed by atoms with Gasteiger partial charge in [0.25, 0.3) is 0 Å². The fourth-order valence-electron chi connectivity index (χ4n) is 2.87. The first kappa shape index (κ1) is 21.3. The minimum absolute atomic E-state index is 0.0955. The molecule has 3 aromatic rings. The summed E-state index contributed by atoms with van der Waals surface area (Å²) in [5.41, 5.74) is 7.42. The van der Waals surface area contributed by atoms with Gasteiger partial charge in [-0.3, -0.25) is 9.99 Å². The fourth-order valence-corrected chi connectivity index (χ4v) is 3.87. The first-order valence-corrected chi connectivity index (χ1v) is 10.2. The number of anilines is 1. The zero-order chi connectivity index (χ0) is 21.9. The number of thiazole rings is 1. The molecule has 0 aliphatic carbocycles. The average Bonchev–Trinajstić information content (AvgIpc) is 3.28. The van der Waals surface area contributed by atoms with Crippen LogP contribution in [0.5, 0.6) is 0 Å². The molecule has 0 spiro atoms. The van der Waals surface area contributed by atoms with E-state index in [0.29, 0.717) is 18.3 Å². The number of hydrogen-bond donors (Lipinski definition) is 1. The third-order valence-electron chi connectivity index (χ3n) is 4.36. The van der Waals surface area contributed by atoms with Crippen LogP contribution in [-0.4, -0.2) is 28.6 Å². The van der Waals surface area contributed by atoms with E-state index in [2.05, 4.69) is 42.2 Å². The highest BCUT2D eigenvalue weighted by atomic mass is 32.1. The van der Waals surface area contributed by atoms with E-state index in [0.717, 1.165) is 15.6 Å². The molecule has 2 aromatic heterocycles. The molecule has 9 heteroatoms. The zero-order valence-electron chi connectivity index (χ0n) is 17.7. The van der Waals surface area contributed by atoms with Gasteiger partial charge in [0.1, 0.15) is 12.1 Å². The maximum absolute atomic E-state index is 9.60. The Morgan fingerprint density at radius 1 is 1.13 bits per heavy atom. The third kappa shape index (κ3) is 4.43. The second-order valence-corrected chi connectivity index (χ2v) is 8.99. The number of rotatable bonds is 6. The lowest BCUT2D eigenvalue weighted by Crippen LogP contribution is -2.73. The molecular weight excluding hydrogens is 396 g/mol. The van der Waals surface area contributed by atoms with Crippen molar-refractivity contribution in [3.8, 4) is 12.1 Å². The third-order valence-corrected chi connectivity index (χ3v) is 5.99. The second kappa shape index (κ2) is 8.54. The van der Waals surface area contributed by atoms with Gasteiger partial charge in [-0.25, -0.2) is 5.43 Å². The van der Waals surface area contributed by atoms with Gasteiger partial charge in [0.15, 0.2) is 11.4 Å². The summed E-state index contributed by atoms with van der Waals surface area (Å²) in [6.45, 7) is 6.79. The highest BCUT2D eigenvalue weighted by molar-refractivity contribution is 7.16. The normalized spacial score (nSPS) is 11.0. The van der Waals surface area contributed by atoms with Crippen molar-refractivity contribution in [3.63, 3.8) is 0 Å². The van der Waals surface area contributed by atoms with Crippen molar-refractivity contribution >= 4 is 28.2 Å². The molecule has 0 radical (unpaired) electrons. The molecule has 0 atom stereocenters. The molecule has 2 heterocycles. The quantitative estimate of drug-likeness (QED) is 0.486. The average molecular weight is 421 g/mol. The maximum atomic E-state index is 9.60. The van der Waals surface area contributed by atoms with Gasteiger partial charge in [-0.15, -0.1) is 11.3 Å². The van der Waals surface area contributed by atoms with Crippen LogP contribution in [0, 0.1) is 22.7 Å². The number of quaternary nitrogens is 1. The summed E-state index contributed by atoms with van der Waals surface area (Å²) in [4.78, 5) is 12.0. The van der Waals surface area contributed by atoms with Crippen LogP contribution in [0.15, 0.2) is 30.3 Å². The van der Waals surface area contributed by atoms with E-state index < -0.39 is 0 Å². The molecule has 1 aromatic carbocycles. The Morgan fingerprint density at radius 3 is 2.40 bits per heavy atom. The molecule has 0 aliphatic rings. The molecule has 0 aliphatic heterocycles. The summed E-state index contributed by atoms with van der Waals surface area (Å²) in [5.74, 6) is 1.08. The van der Waals surface area contributed by atoms with Crippen molar-refractivity contribution in [2.45, 2.75) is 32.7 Å². The first-order chi connectivity index (χ1) is 14.2. The van der Waals surface area contributed by atoms with Crippen LogP contribution in [0.25, 0.3) is 5.43 Å². The first-order valence-electron chi connectivity index (χ1n) is 9.42. The van der Waals surface area contributed by atoms with Gasteiger partial charge in [-0.1, -0.05) is 51.1 Å². The van der Waals surface area contributed by atoms with Crippen LogP contribution >= 0.6 is 11.3 Å². The van der Waals surface area contributed by atoms with E-state index in [1.54, 1.807) is 21.3 Å². The Morgan fingerprint density at radius 2 is 1.83 bits per heavy atom. The predicted octanol–water partition coefficient (Wildman–Crippen LogP) is 3.31. The number of imidazole rings is 1. The maximum Gasteiger partial charge on any atom is 0.318 e. The minimum Gasteiger partial charge on any atom is -0.408 e. The van der Waals surface area contributed by atoms with Gasteiger partial charge < -0.3 is 9.88 Å². The Balaban J connectivity index is 1.95. The van der Waals surface area contributed by atoms with Crippen molar-refractivity contribution in [2.24, 2.45) is 0 Å². The van der Waals surface area contributed by atoms with Crippen molar-refractivity contribution in [1.82, 2.24) is 14.5 Å². The molecule has 0 saturated carbocycles. The fraction of sp³-hybridized carbons (Fsp3) is 0.333. The van der Waals surface area contributed by atoms with Gasteiger partial charge in [0.05, 0.1) is 11.7 Å². The topological polar surface area (TPSA) is 112 Å². The van der Waals surface area contributed by atoms with E-state index in [9.17, 15) is 10.5 Å². The molecule has 3 rings (SSSR count). The molecule has 154 valence electrons. The number of nitrogens with two attached hydrogens (primary N) is 1. The molecule has 0 amide bonds. The van der Waals surface area contributed by atoms with E-state index in [-0.39, 0.29) is 16.8 Å². The molecular formula is C21H24N8S. The largest absolute Gasteiger partial charge is 0.408 e. The van der Waals surface area contributed by atoms with Crippen LogP contribution < -0.4 is 10.3 Å². The van der Waals surface area contributed by atoms with E-state index in [4.69, 9.17) is 0 Å². The number of nitrogens with zero attached hydrogens (tertiary/aromatic N) is 7. The summed E-state index contributed by atoms with van der Waals surface area (Å²) in [7, 11) is 3.90. The molecule has 2 N–H and O–H groups in total. The summed E-state index contributed by atoms with van der Waals surface area (Å²) in [5, 5.41) is 19.9. The van der Waals surface area contributed by atoms with Crippen LogP contribution in [-0.2, 0) is 12.0 Å². The smallest absolute Gasteiger partial charge is 0.318 e. The Bertz CT molecular complexity index is 1110. The van der Waals surface area contributed by atoms with Crippen molar-refractivity contribution < 1.29 is 5.43 Å². The summed E-state index contributed by atoms with van der Waals surface area (Å²) >= 11 is 1.60. The number of benzene rings is 1. The van der Waals surface area contributed by atoms with Gasteiger partial charge in [-0.2, -0.15) is 15.5 Å². The molecule has 30 heavy (non-hydrogen) atoms. The SMILES string of the molecule is CN(C)c1nc([N-][NH2+]c2nc(C#N)c(C#N)n2Cc2ccccc2)c(C(C)(C)C)s1. The minimum atomic E-state index is -0.117. The van der Waals surface area contributed by atoms with Crippen LogP contribution in [0.3, 0.4) is 0 Å². The number of hydrogen-bond acceptors (Lipinski definition) is 6.